The van der Waals surface area contributed by atoms with Crippen LogP contribution in [0.25, 0.3) is 0 Å². The van der Waals surface area contributed by atoms with Crippen molar-refractivity contribution in [1.29, 1.82) is 0 Å². The molecule has 148 valence electrons. The summed E-state index contributed by atoms with van der Waals surface area (Å²) in [5, 5.41) is 1.83. The molecule has 1 saturated carbocycles. The number of Topliss-reactive ketones (excluding diaryl/α,β-unsaturated/α-hetero) is 1. The zero-order valence-electron chi connectivity index (χ0n) is 16.0. The van der Waals surface area contributed by atoms with Crippen LogP contribution in [0.3, 0.4) is 0 Å². The quantitative estimate of drug-likeness (QED) is 0.627. The van der Waals surface area contributed by atoms with Crippen molar-refractivity contribution in [3.63, 3.8) is 0 Å². The number of esters is 1. The summed E-state index contributed by atoms with van der Waals surface area (Å²) in [6, 6.07) is 0. The Balaban J connectivity index is 1.79. The molecule has 2 aliphatic heterocycles. The Hall–Kier alpha value is -1.34. The molecule has 0 aromatic carbocycles. The lowest BCUT2D eigenvalue weighted by Gasteiger charge is -2.43. The van der Waals surface area contributed by atoms with Crippen LogP contribution in [0, 0.1) is 17.3 Å². The predicted octanol–water partition coefficient (Wildman–Crippen LogP) is 3.47. The Morgan fingerprint density at radius 2 is 2.11 bits per heavy atom. The lowest BCUT2D eigenvalue weighted by molar-refractivity contribution is -0.148. The summed E-state index contributed by atoms with van der Waals surface area (Å²) in [5.74, 6) is 1.13. The number of ketones is 1. The fourth-order valence-electron chi connectivity index (χ4n) is 5.48. The number of hydrogen-bond donors (Lipinski definition) is 0. The van der Waals surface area contributed by atoms with Crippen LogP contribution in [-0.4, -0.2) is 42.7 Å². The topological polar surface area (TPSA) is 65.1 Å². The van der Waals surface area contributed by atoms with Crippen LogP contribution in [0.4, 0.5) is 0 Å². The summed E-state index contributed by atoms with van der Waals surface area (Å²) >= 11 is 3.83. The number of hydrogen-bond acceptors (Lipinski definition) is 6. The second-order valence-corrected chi connectivity index (χ2v) is 8.99. The lowest BCUT2D eigenvalue weighted by atomic mass is 9.60. The maximum absolute atomic E-state index is 12.2. The number of hydroxylamine groups is 2. The molecule has 0 bridgehead atoms. The fourth-order valence-corrected chi connectivity index (χ4v) is 6.34. The van der Waals surface area contributed by atoms with E-state index >= 15 is 0 Å². The van der Waals surface area contributed by atoms with E-state index in [9.17, 15) is 9.59 Å². The van der Waals surface area contributed by atoms with Gasteiger partial charge < -0.3 is 9.47 Å². The molecular weight excluding hydrogens is 414 g/mol. The van der Waals surface area contributed by atoms with E-state index in [0.29, 0.717) is 13.0 Å². The Morgan fingerprint density at radius 3 is 2.78 bits per heavy atom. The van der Waals surface area contributed by atoms with Gasteiger partial charge in [0.2, 0.25) is 0 Å². The summed E-state index contributed by atoms with van der Waals surface area (Å²) in [6.07, 6.45) is 5.65. The van der Waals surface area contributed by atoms with E-state index in [-0.39, 0.29) is 41.2 Å². The zero-order chi connectivity index (χ0) is 19.3. The molecule has 0 aromatic heterocycles. The minimum absolute atomic E-state index is 0.0131. The molecule has 4 aliphatic rings. The smallest absolute Gasteiger partial charge is 0.302 e. The van der Waals surface area contributed by atoms with Crippen molar-refractivity contribution in [2.24, 2.45) is 17.3 Å². The molecule has 27 heavy (non-hydrogen) atoms. The first-order chi connectivity index (χ1) is 12.8. The molecule has 2 aliphatic carbocycles. The van der Waals surface area contributed by atoms with Crippen molar-refractivity contribution in [3.05, 3.63) is 22.0 Å². The SMILES string of the molecule is CON1C=C(Br)C23CC(C(C)=O)CCC2OC2=C3C(C[C@@H](OC(C)=O)C2)C1. The summed E-state index contributed by atoms with van der Waals surface area (Å²) in [7, 11) is 1.66. The molecule has 1 spiro atoms. The molecule has 0 saturated heterocycles. The highest BCUT2D eigenvalue weighted by Crippen LogP contribution is 2.63. The van der Waals surface area contributed by atoms with Crippen molar-refractivity contribution in [2.75, 3.05) is 13.7 Å². The maximum Gasteiger partial charge on any atom is 0.302 e. The number of carbonyl (C=O) groups is 2. The van der Waals surface area contributed by atoms with Gasteiger partial charge in [0, 0.05) is 35.9 Å². The minimum Gasteiger partial charge on any atom is -0.493 e. The highest BCUT2D eigenvalue weighted by molar-refractivity contribution is 9.11. The predicted molar refractivity (Wildman–Crippen MR) is 101 cm³/mol. The third-order valence-electron chi connectivity index (χ3n) is 6.56. The molecule has 1 fully saturated rings. The molecule has 2 heterocycles. The summed E-state index contributed by atoms with van der Waals surface area (Å²) in [4.78, 5) is 29.3. The van der Waals surface area contributed by atoms with Crippen molar-refractivity contribution in [2.45, 2.75) is 58.2 Å². The highest BCUT2D eigenvalue weighted by Gasteiger charge is 2.60. The molecular formula is C20H26BrNO5. The normalized spacial score (nSPS) is 37.6. The van der Waals surface area contributed by atoms with Crippen LogP contribution in [0.2, 0.25) is 0 Å². The van der Waals surface area contributed by atoms with E-state index in [1.165, 1.54) is 12.5 Å². The van der Waals surface area contributed by atoms with E-state index in [0.717, 1.165) is 35.9 Å². The van der Waals surface area contributed by atoms with Gasteiger partial charge in [0.15, 0.2) is 0 Å². The third kappa shape index (κ3) is 3.03. The average Bonchev–Trinajstić information content (AvgIpc) is 2.88. The second kappa shape index (κ2) is 6.92. The van der Waals surface area contributed by atoms with E-state index in [1.54, 1.807) is 14.0 Å². The van der Waals surface area contributed by atoms with E-state index in [4.69, 9.17) is 14.3 Å². The Bertz CT molecular complexity index is 732. The van der Waals surface area contributed by atoms with Gasteiger partial charge in [-0.3, -0.25) is 19.5 Å². The van der Waals surface area contributed by atoms with Gasteiger partial charge in [0.05, 0.1) is 19.1 Å². The molecule has 0 amide bonds. The van der Waals surface area contributed by atoms with Gasteiger partial charge in [-0.05, 0) is 38.2 Å². The second-order valence-electron chi connectivity index (χ2n) is 8.13. The van der Waals surface area contributed by atoms with Crippen LogP contribution in [0.5, 0.6) is 0 Å². The fraction of sp³-hybridized carbons (Fsp3) is 0.700. The Labute approximate surface area is 168 Å². The third-order valence-corrected chi connectivity index (χ3v) is 7.47. The van der Waals surface area contributed by atoms with Gasteiger partial charge in [-0.15, -0.1) is 0 Å². The first-order valence-corrected chi connectivity index (χ1v) is 10.4. The molecule has 5 atom stereocenters. The Kier molecular flexibility index (Phi) is 4.87. The number of halogens is 1. The van der Waals surface area contributed by atoms with Crippen molar-refractivity contribution < 1.29 is 23.9 Å². The van der Waals surface area contributed by atoms with Gasteiger partial charge in [-0.25, -0.2) is 0 Å². The summed E-state index contributed by atoms with van der Waals surface area (Å²) < 4.78 is 13.0. The van der Waals surface area contributed by atoms with Gasteiger partial charge >= 0.3 is 5.97 Å². The number of ether oxygens (including phenoxy) is 2. The van der Waals surface area contributed by atoms with Crippen LogP contribution >= 0.6 is 15.9 Å². The minimum atomic E-state index is -0.316. The van der Waals surface area contributed by atoms with Crippen LogP contribution in [0.15, 0.2) is 22.0 Å². The maximum atomic E-state index is 12.2. The zero-order valence-corrected chi connectivity index (χ0v) is 17.6. The number of rotatable bonds is 3. The molecule has 4 unspecified atom stereocenters. The Morgan fingerprint density at radius 1 is 1.33 bits per heavy atom. The molecule has 6 nitrogen and oxygen atoms in total. The highest BCUT2D eigenvalue weighted by atomic mass is 79.9. The van der Waals surface area contributed by atoms with E-state index in [1.807, 2.05) is 11.3 Å². The molecule has 0 aromatic rings. The van der Waals surface area contributed by atoms with Gasteiger partial charge in [0.25, 0.3) is 0 Å². The van der Waals surface area contributed by atoms with Crippen LogP contribution in [-0.2, 0) is 23.9 Å². The van der Waals surface area contributed by atoms with Gasteiger partial charge in [-0.2, -0.15) is 0 Å². The molecule has 4 rings (SSSR count). The van der Waals surface area contributed by atoms with Crippen LogP contribution in [0.1, 0.15) is 46.0 Å². The number of carbonyl (C=O) groups excluding carboxylic acids is 2. The van der Waals surface area contributed by atoms with Crippen LogP contribution < -0.4 is 0 Å². The average molecular weight is 440 g/mol. The van der Waals surface area contributed by atoms with Gasteiger partial charge in [0.1, 0.15) is 23.8 Å². The standard InChI is InChI=1S/C20H26BrNO5/c1-11(23)13-4-5-18-20(8-13)17(21)10-22(25-3)9-14-6-15(26-12(2)24)7-16(27-18)19(14)20/h10,13-15,18H,4-9H2,1-3H3/t13?,14?,15-,18?,20?/m1/s1. The van der Waals surface area contributed by atoms with Crippen molar-refractivity contribution in [1.82, 2.24) is 5.06 Å². The number of nitrogens with zero attached hydrogens (tertiary/aromatic N) is 1. The lowest BCUT2D eigenvalue weighted by Crippen LogP contribution is -2.43. The first kappa shape index (κ1) is 19.0. The summed E-state index contributed by atoms with van der Waals surface area (Å²) in [5.41, 5.74) is 0.966. The first-order valence-electron chi connectivity index (χ1n) is 9.61. The van der Waals surface area contributed by atoms with Crippen molar-refractivity contribution >= 4 is 27.7 Å². The summed E-state index contributed by atoms with van der Waals surface area (Å²) in [6.45, 7) is 3.81. The molecule has 0 N–H and O–H groups in total. The molecule has 7 heteroatoms. The van der Waals surface area contributed by atoms with Gasteiger partial charge in [-0.1, -0.05) is 15.9 Å². The van der Waals surface area contributed by atoms with E-state index in [2.05, 4.69) is 15.9 Å². The molecule has 0 radical (unpaired) electrons. The largest absolute Gasteiger partial charge is 0.493 e. The monoisotopic (exact) mass is 439 g/mol. The van der Waals surface area contributed by atoms with E-state index < -0.39 is 0 Å². The van der Waals surface area contributed by atoms with Crippen molar-refractivity contribution in [3.8, 4) is 0 Å².